The van der Waals surface area contributed by atoms with E-state index in [4.69, 9.17) is 5.11 Å². The smallest absolute Gasteiger partial charge is 0.419 e. The van der Waals surface area contributed by atoms with Crippen molar-refractivity contribution in [1.82, 2.24) is 19.7 Å². The van der Waals surface area contributed by atoms with E-state index in [1.807, 2.05) is 19.2 Å². The van der Waals surface area contributed by atoms with Crippen LogP contribution in [0.15, 0.2) is 55.0 Å². The van der Waals surface area contributed by atoms with Crippen LogP contribution in [0.3, 0.4) is 0 Å². The predicted molar refractivity (Wildman–Crippen MR) is 147 cm³/mol. The van der Waals surface area contributed by atoms with Crippen molar-refractivity contribution in [3.8, 4) is 0 Å². The van der Waals surface area contributed by atoms with Crippen LogP contribution in [0.4, 0.5) is 18.9 Å². The second kappa shape index (κ2) is 11.9. The molecule has 2 amide bonds. The van der Waals surface area contributed by atoms with Gasteiger partial charge in [0.1, 0.15) is 6.04 Å². The molecule has 0 aliphatic rings. The lowest BCUT2D eigenvalue weighted by Gasteiger charge is -2.18. The summed E-state index contributed by atoms with van der Waals surface area (Å²) in [5, 5.41) is 19.3. The molecule has 0 fully saturated rings. The average molecular weight is 570 g/mol. The number of carboxylic acids is 1. The molecule has 0 bridgehead atoms. The van der Waals surface area contributed by atoms with Gasteiger partial charge in [0.2, 0.25) is 5.91 Å². The predicted octanol–water partition coefficient (Wildman–Crippen LogP) is 5.18. The molecular weight excluding hydrogens is 539 g/mol. The largest absolute Gasteiger partial charge is 0.481 e. The molecule has 2 heterocycles. The molecule has 12 heteroatoms. The highest BCUT2D eigenvalue weighted by molar-refractivity contribution is 6.00. The first-order valence-corrected chi connectivity index (χ1v) is 12.9. The fourth-order valence-corrected chi connectivity index (χ4v) is 4.67. The molecule has 0 spiro atoms. The lowest BCUT2D eigenvalue weighted by molar-refractivity contribution is -0.138. The first-order valence-electron chi connectivity index (χ1n) is 12.9. The minimum atomic E-state index is -4.51. The molecule has 216 valence electrons. The Labute approximate surface area is 234 Å². The number of rotatable bonds is 10. The van der Waals surface area contributed by atoms with Crippen LogP contribution in [-0.2, 0) is 28.7 Å². The Balaban J connectivity index is 1.62. The second-order valence-corrected chi connectivity index (χ2v) is 9.86. The number of nitrogens with one attached hydrogen (secondary N) is 2. The minimum absolute atomic E-state index is 0.0353. The Morgan fingerprint density at radius 2 is 1.85 bits per heavy atom. The lowest BCUT2D eigenvalue weighted by Crippen LogP contribution is -2.24. The van der Waals surface area contributed by atoms with Gasteiger partial charge in [0, 0.05) is 48.0 Å². The number of amides is 2. The summed E-state index contributed by atoms with van der Waals surface area (Å²) in [6, 6.07) is 9.70. The van der Waals surface area contributed by atoms with Crippen molar-refractivity contribution in [2.75, 3.05) is 12.4 Å². The number of carbonyl (C=O) groups excluding carboxylic acids is 2. The zero-order valence-corrected chi connectivity index (χ0v) is 22.7. The summed E-state index contributed by atoms with van der Waals surface area (Å²) in [6.07, 6.45) is -0.354. The first kappa shape index (κ1) is 29.4. The normalized spacial score (nSPS) is 12.3. The molecule has 0 aliphatic carbocycles. The van der Waals surface area contributed by atoms with Crippen LogP contribution in [0, 0.1) is 6.92 Å². The topological polar surface area (TPSA) is 118 Å². The van der Waals surface area contributed by atoms with Gasteiger partial charge in [0.05, 0.1) is 18.3 Å². The number of halogens is 3. The Hall–Kier alpha value is -4.61. The van der Waals surface area contributed by atoms with Crippen LogP contribution in [0.5, 0.6) is 0 Å². The number of aliphatic carboxylic acids is 1. The third-order valence-corrected chi connectivity index (χ3v) is 6.89. The summed E-state index contributed by atoms with van der Waals surface area (Å²) in [6.45, 7) is 3.66. The van der Waals surface area contributed by atoms with Crippen LogP contribution < -0.4 is 10.6 Å². The van der Waals surface area contributed by atoms with Crippen molar-refractivity contribution >= 4 is 34.4 Å². The molecule has 2 aromatic carbocycles. The van der Waals surface area contributed by atoms with Crippen molar-refractivity contribution in [2.24, 2.45) is 0 Å². The highest BCUT2D eigenvalue weighted by atomic mass is 19.4. The number of hydrogen-bond acceptors (Lipinski definition) is 4. The number of benzene rings is 2. The highest BCUT2D eigenvalue weighted by Crippen LogP contribution is 2.30. The number of aromatic nitrogens is 3. The van der Waals surface area contributed by atoms with Gasteiger partial charge in [-0.25, -0.2) is 0 Å². The summed E-state index contributed by atoms with van der Waals surface area (Å²) in [7, 11) is 1.54. The maximum absolute atomic E-state index is 13.5. The van der Waals surface area contributed by atoms with Crippen molar-refractivity contribution in [2.45, 2.75) is 51.9 Å². The van der Waals surface area contributed by atoms with Gasteiger partial charge in [-0.05, 0) is 61.6 Å². The molecule has 1 unspecified atom stereocenters. The third-order valence-electron chi connectivity index (χ3n) is 6.89. The average Bonchev–Trinajstić information content (AvgIpc) is 3.53. The Kier molecular flexibility index (Phi) is 8.50. The maximum Gasteiger partial charge on any atom is 0.419 e. The van der Waals surface area contributed by atoms with E-state index >= 15 is 0 Å². The zero-order valence-electron chi connectivity index (χ0n) is 22.7. The van der Waals surface area contributed by atoms with E-state index in [0.29, 0.717) is 40.7 Å². The van der Waals surface area contributed by atoms with E-state index in [9.17, 15) is 27.6 Å². The number of alkyl halides is 3. The van der Waals surface area contributed by atoms with E-state index in [1.165, 1.54) is 7.05 Å². The summed E-state index contributed by atoms with van der Waals surface area (Å²) in [4.78, 5) is 36.7. The molecule has 3 N–H and O–H groups in total. The van der Waals surface area contributed by atoms with Crippen molar-refractivity contribution in [1.29, 1.82) is 0 Å². The SMILES string of the molecule is CNC(=O)c1ccc2c(C)cn(C(C)C(=O)Nc3cc(Cn4cc(C(F)(F)F)cn4)ccc3CCCC(=O)O)c2c1. The number of carbonyl (C=O) groups is 3. The molecule has 9 nitrogen and oxygen atoms in total. The fraction of sp³-hybridized carbons (Fsp3) is 0.310. The van der Waals surface area contributed by atoms with Gasteiger partial charge in [0.25, 0.3) is 5.91 Å². The molecule has 2 aromatic heterocycles. The molecule has 1 atom stereocenters. The molecule has 0 aliphatic heterocycles. The molecule has 4 rings (SSSR count). The Morgan fingerprint density at radius 1 is 1.10 bits per heavy atom. The van der Waals surface area contributed by atoms with Gasteiger partial charge in [-0.1, -0.05) is 18.2 Å². The van der Waals surface area contributed by atoms with E-state index in [-0.39, 0.29) is 24.8 Å². The highest BCUT2D eigenvalue weighted by Gasteiger charge is 2.32. The van der Waals surface area contributed by atoms with Crippen molar-refractivity contribution in [3.63, 3.8) is 0 Å². The summed E-state index contributed by atoms with van der Waals surface area (Å²) in [5.74, 6) is -1.55. The van der Waals surface area contributed by atoms with E-state index in [0.717, 1.165) is 28.0 Å². The van der Waals surface area contributed by atoms with Gasteiger partial charge in [0.15, 0.2) is 0 Å². The molecule has 0 saturated heterocycles. The molecule has 0 saturated carbocycles. The number of hydrogen-bond donors (Lipinski definition) is 3. The number of nitrogens with zero attached hydrogens (tertiary/aromatic N) is 3. The second-order valence-electron chi connectivity index (χ2n) is 9.86. The van der Waals surface area contributed by atoms with Gasteiger partial charge in [-0.15, -0.1) is 0 Å². The molecule has 0 radical (unpaired) electrons. The number of anilines is 1. The van der Waals surface area contributed by atoms with E-state index in [2.05, 4.69) is 15.7 Å². The van der Waals surface area contributed by atoms with Crippen LogP contribution in [0.1, 0.15) is 58.4 Å². The Bertz CT molecular complexity index is 1610. The van der Waals surface area contributed by atoms with Crippen molar-refractivity contribution in [3.05, 3.63) is 82.8 Å². The zero-order chi connectivity index (χ0) is 29.9. The lowest BCUT2D eigenvalue weighted by atomic mass is 10.0. The molecule has 41 heavy (non-hydrogen) atoms. The quantitative estimate of drug-likeness (QED) is 0.243. The monoisotopic (exact) mass is 569 g/mol. The standard InChI is InChI=1S/C29H30F3N5O4/c1-17-14-37(25-12-21(28(41)33-3)9-10-23(17)25)18(2)27(40)35-24-11-19(7-8-20(24)5-4-6-26(38)39)15-36-16-22(13-34-36)29(30,31)32/h7-14,16,18H,4-6,15H2,1-3H3,(H,33,41)(H,35,40)(H,38,39). The van der Waals surface area contributed by atoms with Crippen LogP contribution in [0.25, 0.3) is 10.9 Å². The number of aryl methyl sites for hydroxylation is 2. The van der Waals surface area contributed by atoms with Crippen LogP contribution in [-0.4, -0.2) is 44.3 Å². The maximum atomic E-state index is 13.5. The van der Waals surface area contributed by atoms with Crippen molar-refractivity contribution < 1.29 is 32.7 Å². The third kappa shape index (κ3) is 6.76. The molecule has 4 aromatic rings. The molecular formula is C29H30F3N5O4. The summed E-state index contributed by atoms with van der Waals surface area (Å²) in [5.41, 5.74) is 2.96. The first-order chi connectivity index (χ1) is 19.4. The van der Waals surface area contributed by atoms with Gasteiger partial charge in [-0.2, -0.15) is 18.3 Å². The summed E-state index contributed by atoms with van der Waals surface area (Å²) >= 11 is 0. The van der Waals surface area contributed by atoms with E-state index < -0.39 is 23.8 Å². The van der Waals surface area contributed by atoms with Gasteiger partial charge in [-0.3, -0.25) is 19.1 Å². The van der Waals surface area contributed by atoms with Crippen LogP contribution in [0.2, 0.25) is 0 Å². The van der Waals surface area contributed by atoms with Gasteiger partial charge >= 0.3 is 12.1 Å². The number of carboxylic acid groups (broad SMARTS) is 1. The van der Waals surface area contributed by atoms with E-state index in [1.54, 1.807) is 41.8 Å². The minimum Gasteiger partial charge on any atom is -0.481 e. The number of fused-ring (bicyclic) bond motifs is 1. The Morgan fingerprint density at radius 3 is 2.51 bits per heavy atom. The van der Waals surface area contributed by atoms with Gasteiger partial charge < -0.3 is 20.3 Å². The fourth-order valence-electron chi connectivity index (χ4n) is 4.67. The van der Waals surface area contributed by atoms with Crippen LogP contribution >= 0.6 is 0 Å². The summed E-state index contributed by atoms with van der Waals surface area (Å²) < 4.78 is 42.0.